The van der Waals surface area contributed by atoms with Crippen LogP contribution in [0.25, 0.3) is 0 Å². The lowest BCUT2D eigenvalue weighted by molar-refractivity contribution is 0.151. The zero-order valence-corrected chi connectivity index (χ0v) is 11.4. The third-order valence-corrected chi connectivity index (χ3v) is 3.17. The van der Waals surface area contributed by atoms with Gasteiger partial charge in [0.1, 0.15) is 0 Å². The van der Waals surface area contributed by atoms with E-state index in [0.717, 1.165) is 45.1 Å². The molecule has 0 saturated carbocycles. The van der Waals surface area contributed by atoms with Crippen molar-refractivity contribution in [2.24, 2.45) is 0 Å². The lowest BCUT2D eigenvalue weighted by atomic mass is 10.1. The minimum absolute atomic E-state index is 0.122. The van der Waals surface area contributed by atoms with Gasteiger partial charge in [0.15, 0.2) is 0 Å². The first kappa shape index (κ1) is 14.2. The Balaban J connectivity index is 2.42. The van der Waals surface area contributed by atoms with Crippen LogP contribution in [0, 0.1) is 0 Å². The molecule has 0 amide bonds. The molecule has 98 valence electrons. The van der Waals surface area contributed by atoms with Crippen molar-refractivity contribution in [3.8, 4) is 0 Å². The predicted octanol–water partition coefficient (Wildman–Crippen LogP) is 2.95. The Kier molecular flexibility index (Phi) is 6.27. The van der Waals surface area contributed by atoms with Crippen LogP contribution in [-0.4, -0.2) is 21.0 Å². The van der Waals surface area contributed by atoms with E-state index in [1.807, 2.05) is 0 Å². The molecular weight excluding hydrogens is 212 g/mol. The van der Waals surface area contributed by atoms with Crippen LogP contribution in [-0.2, 0) is 19.4 Å². The quantitative estimate of drug-likeness (QED) is 0.756. The first-order valence-electron chi connectivity index (χ1n) is 6.94. The van der Waals surface area contributed by atoms with E-state index in [0.29, 0.717) is 0 Å². The molecule has 1 heterocycles. The second-order valence-electron chi connectivity index (χ2n) is 4.63. The van der Waals surface area contributed by atoms with Gasteiger partial charge in [-0.1, -0.05) is 20.3 Å². The zero-order chi connectivity index (χ0) is 12.7. The minimum atomic E-state index is -0.122. The highest BCUT2D eigenvalue weighted by molar-refractivity contribution is 5.10. The summed E-state index contributed by atoms with van der Waals surface area (Å²) in [5.74, 6) is 0. The normalized spacial score (nSPS) is 12.9. The van der Waals surface area contributed by atoms with Crippen LogP contribution in [0.15, 0.2) is 6.07 Å². The highest BCUT2D eigenvalue weighted by Crippen LogP contribution is 2.12. The van der Waals surface area contributed by atoms with Crippen LogP contribution >= 0.6 is 0 Å². The second kappa shape index (κ2) is 7.49. The molecule has 3 heteroatoms. The molecule has 17 heavy (non-hydrogen) atoms. The fourth-order valence-corrected chi connectivity index (χ4v) is 2.16. The molecule has 0 radical (unpaired) electrons. The number of aryl methyl sites for hydroxylation is 3. The number of aromatic nitrogens is 2. The van der Waals surface area contributed by atoms with Gasteiger partial charge in [-0.05, 0) is 45.1 Å². The number of hydrogen-bond acceptors (Lipinski definition) is 2. The molecule has 0 aromatic carbocycles. The van der Waals surface area contributed by atoms with Crippen LogP contribution in [0.4, 0.5) is 0 Å². The lowest BCUT2D eigenvalue weighted by Gasteiger charge is -2.09. The van der Waals surface area contributed by atoms with Gasteiger partial charge >= 0.3 is 0 Å². The van der Waals surface area contributed by atoms with Crippen LogP contribution in [0.3, 0.4) is 0 Å². The van der Waals surface area contributed by atoms with Crippen molar-refractivity contribution >= 4 is 0 Å². The first-order valence-corrected chi connectivity index (χ1v) is 6.94. The van der Waals surface area contributed by atoms with E-state index in [1.54, 1.807) is 0 Å². The summed E-state index contributed by atoms with van der Waals surface area (Å²) < 4.78 is 2.09. The van der Waals surface area contributed by atoms with Gasteiger partial charge in [0.05, 0.1) is 11.8 Å². The van der Waals surface area contributed by atoms with Crippen molar-refractivity contribution in [3.05, 3.63) is 17.5 Å². The molecular formula is C14H26N2O. The number of aliphatic hydroxyl groups is 1. The van der Waals surface area contributed by atoms with Crippen molar-refractivity contribution in [2.45, 2.75) is 71.9 Å². The summed E-state index contributed by atoms with van der Waals surface area (Å²) in [5, 5.41) is 14.2. The van der Waals surface area contributed by atoms with E-state index in [9.17, 15) is 5.11 Å². The zero-order valence-electron chi connectivity index (χ0n) is 11.4. The number of nitrogens with zero attached hydrogens (tertiary/aromatic N) is 2. The molecule has 3 nitrogen and oxygen atoms in total. The van der Waals surface area contributed by atoms with Gasteiger partial charge in [0.2, 0.25) is 0 Å². The number of rotatable bonds is 8. The molecule has 0 aliphatic rings. The third kappa shape index (κ3) is 4.50. The predicted molar refractivity (Wildman–Crippen MR) is 71.1 cm³/mol. The topological polar surface area (TPSA) is 38.1 Å². The molecule has 0 saturated heterocycles. The highest BCUT2D eigenvalue weighted by atomic mass is 16.3. The molecule has 1 atom stereocenters. The molecule has 1 aromatic heterocycles. The van der Waals surface area contributed by atoms with Gasteiger partial charge in [-0.2, -0.15) is 5.10 Å². The van der Waals surface area contributed by atoms with Gasteiger partial charge < -0.3 is 5.11 Å². The number of hydrogen-bond donors (Lipinski definition) is 1. The molecule has 0 bridgehead atoms. The van der Waals surface area contributed by atoms with Gasteiger partial charge in [0, 0.05) is 12.2 Å². The maximum atomic E-state index is 9.68. The summed E-state index contributed by atoms with van der Waals surface area (Å²) in [5.41, 5.74) is 2.49. The summed E-state index contributed by atoms with van der Waals surface area (Å²) in [6.07, 6.45) is 5.85. The molecule has 0 spiro atoms. The summed E-state index contributed by atoms with van der Waals surface area (Å²) in [6.45, 7) is 7.31. The van der Waals surface area contributed by atoms with Crippen LogP contribution in [0.5, 0.6) is 0 Å². The monoisotopic (exact) mass is 238 g/mol. The van der Waals surface area contributed by atoms with Crippen molar-refractivity contribution in [3.63, 3.8) is 0 Å². The molecule has 1 unspecified atom stereocenters. The van der Waals surface area contributed by atoms with Crippen molar-refractivity contribution < 1.29 is 5.11 Å². The average Bonchev–Trinajstić information content (AvgIpc) is 2.72. The maximum Gasteiger partial charge on any atom is 0.0624 e. The smallest absolute Gasteiger partial charge is 0.0624 e. The van der Waals surface area contributed by atoms with Gasteiger partial charge in [0.25, 0.3) is 0 Å². The maximum absolute atomic E-state index is 9.68. The Labute approximate surface area is 105 Å². The Hall–Kier alpha value is -0.830. The third-order valence-electron chi connectivity index (χ3n) is 3.17. The summed E-state index contributed by atoms with van der Waals surface area (Å²) in [6, 6.07) is 2.20. The van der Waals surface area contributed by atoms with E-state index in [1.165, 1.54) is 11.4 Å². The van der Waals surface area contributed by atoms with E-state index < -0.39 is 0 Å². The van der Waals surface area contributed by atoms with Crippen LogP contribution in [0.2, 0.25) is 0 Å². The molecule has 1 rings (SSSR count). The number of aliphatic hydroxyl groups excluding tert-OH is 1. The molecule has 0 fully saturated rings. The SMILES string of the molecule is CCCC(O)CCCc1cc(CC)nn1CC. The van der Waals surface area contributed by atoms with Gasteiger partial charge in [-0.15, -0.1) is 0 Å². The van der Waals surface area contributed by atoms with Crippen molar-refractivity contribution in [1.29, 1.82) is 0 Å². The Morgan fingerprint density at radius 3 is 2.65 bits per heavy atom. The van der Waals surface area contributed by atoms with E-state index in [2.05, 4.69) is 36.6 Å². The highest BCUT2D eigenvalue weighted by Gasteiger charge is 2.07. The molecule has 1 aromatic rings. The van der Waals surface area contributed by atoms with Crippen LogP contribution in [0.1, 0.15) is 57.8 Å². The second-order valence-corrected chi connectivity index (χ2v) is 4.63. The standard InChI is InChI=1S/C14H26N2O/c1-4-8-14(17)10-7-9-13-11-12(5-2)15-16(13)6-3/h11,14,17H,4-10H2,1-3H3. The van der Waals surface area contributed by atoms with Crippen molar-refractivity contribution in [2.75, 3.05) is 0 Å². The lowest BCUT2D eigenvalue weighted by Crippen LogP contribution is -2.08. The summed E-state index contributed by atoms with van der Waals surface area (Å²) in [7, 11) is 0. The van der Waals surface area contributed by atoms with E-state index in [-0.39, 0.29) is 6.10 Å². The fourth-order valence-electron chi connectivity index (χ4n) is 2.16. The molecule has 1 N–H and O–H groups in total. The molecule has 0 aliphatic carbocycles. The first-order chi connectivity index (χ1) is 8.21. The Morgan fingerprint density at radius 2 is 2.06 bits per heavy atom. The fraction of sp³-hybridized carbons (Fsp3) is 0.786. The van der Waals surface area contributed by atoms with E-state index in [4.69, 9.17) is 0 Å². The molecule has 0 aliphatic heterocycles. The van der Waals surface area contributed by atoms with Crippen LogP contribution < -0.4 is 0 Å². The van der Waals surface area contributed by atoms with Gasteiger partial charge in [-0.3, -0.25) is 4.68 Å². The largest absolute Gasteiger partial charge is 0.393 e. The Morgan fingerprint density at radius 1 is 1.29 bits per heavy atom. The van der Waals surface area contributed by atoms with Gasteiger partial charge in [-0.25, -0.2) is 0 Å². The summed E-state index contributed by atoms with van der Waals surface area (Å²) >= 11 is 0. The average molecular weight is 238 g/mol. The summed E-state index contributed by atoms with van der Waals surface area (Å²) in [4.78, 5) is 0. The minimum Gasteiger partial charge on any atom is -0.393 e. The van der Waals surface area contributed by atoms with Crippen molar-refractivity contribution in [1.82, 2.24) is 9.78 Å². The van der Waals surface area contributed by atoms with E-state index >= 15 is 0 Å². The Bertz CT molecular complexity index is 320.